The van der Waals surface area contributed by atoms with Crippen molar-refractivity contribution in [1.29, 1.82) is 0 Å². The Kier molecular flexibility index (Phi) is 4.72. The highest BCUT2D eigenvalue weighted by molar-refractivity contribution is 6.06. The molecule has 0 saturated heterocycles. The molecule has 27 heavy (non-hydrogen) atoms. The number of hydrogen-bond acceptors (Lipinski definition) is 5. The van der Waals surface area contributed by atoms with Crippen LogP contribution in [-0.2, 0) is 14.1 Å². The van der Waals surface area contributed by atoms with E-state index in [1.54, 1.807) is 0 Å². The summed E-state index contributed by atoms with van der Waals surface area (Å²) >= 11 is 0. The van der Waals surface area contributed by atoms with Crippen LogP contribution in [0.15, 0.2) is 46.1 Å². The van der Waals surface area contributed by atoms with Gasteiger partial charge in [-0.1, -0.05) is 12.1 Å². The van der Waals surface area contributed by atoms with Crippen LogP contribution in [0.5, 0.6) is 5.75 Å². The number of pyridine rings is 1. The number of ether oxygens (including phenoxy) is 1. The third-order valence-electron chi connectivity index (χ3n) is 3.90. The van der Waals surface area contributed by atoms with Gasteiger partial charge in [0.15, 0.2) is 0 Å². The molecule has 0 radical (unpaired) electrons. The number of benzene rings is 1. The van der Waals surface area contributed by atoms with Crippen molar-refractivity contribution >= 4 is 22.6 Å². The number of anilines is 1. The third-order valence-corrected chi connectivity index (χ3v) is 3.90. The molecule has 0 aliphatic rings. The van der Waals surface area contributed by atoms with Crippen LogP contribution in [0.25, 0.3) is 11.0 Å². The number of carbonyl (C=O) groups is 1. The van der Waals surface area contributed by atoms with Crippen molar-refractivity contribution in [3.05, 3.63) is 62.9 Å². The SMILES string of the molecule is Cn1c(=O)c2cc(NC(=O)c3ccccc3OC(F)F)cnc2n(C)c1=O. The molecule has 0 spiro atoms. The molecule has 8 nitrogen and oxygen atoms in total. The average Bonchev–Trinajstić information content (AvgIpc) is 2.64. The predicted molar refractivity (Wildman–Crippen MR) is 93.3 cm³/mol. The largest absolute Gasteiger partial charge is 0.434 e. The topological polar surface area (TPSA) is 95.2 Å². The maximum absolute atomic E-state index is 12.5. The number of alkyl halides is 2. The summed E-state index contributed by atoms with van der Waals surface area (Å²) in [4.78, 5) is 40.7. The summed E-state index contributed by atoms with van der Waals surface area (Å²) < 4.78 is 31.4. The molecule has 1 N–H and O–H groups in total. The van der Waals surface area contributed by atoms with Gasteiger partial charge in [0.05, 0.1) is 22.8 Å². The Labute approximate surface area is 150 Å². The predicted octanol–water partition coefficient (Wildman–Crippen LogP) is 1.49. The Morgan fingerprint density at radius 2 is 1.89 bits per heavy atom. The van der Waals surface area contributed by atoms with Crippen LogP contribution in [0.2, 0.25) is 0 Å². The number of para-hydroxylation sites is 1. The number of aryl methyl sites for hydroxylation is 1. The summed E-state index contributed by atoms with van der Waals surface area (Å²) in [5.41, 5.74) is -0.892. The Balaban J connectivity index is 2.00. The molecule has 0 aliphatic heterocycles. The lowest BCUT2D eigenvalue weighted by atomic mass is 10.2. The number of nitrogens with zero attached hydrogens (tertiary/aromatic N) is 3. The molecule has 10 heteroatoms. The molecule has 0 saturated carbocycles. The lowest BCUT2D eigenvalue weighted by molar-refractivity contribution is -0.0501. The number of nitrogens with one attached hydrogen (secondary N) is 1. The zero-order chi connectivity index (χ0) is 19.7. The molecule has 0 atom stereocenters. The summed E-state index contributed by atoms with van der Waals surface area (Å²) in [7, 11) is 2.79. The van der Waals surface area contributed by atoms with E-state index in [1.165, 1.54) is 55.2 Å². The van der Waals surface area contributed by atoms with Crippen molar-refractivity contribution < 1.29 is 18.3 Å². The van der Waals surface area contributed by atoms with Crippen LogP contribution in [0.1, 0.15) is 10.4 Å². The van der Waals surface area contributed by atoms with Gasteiger partial charge < -0.3 is 10.1 Å². The molecule has 0 aliphatic carbocycles. The van der Waals surface area contributed by atoms with Gasteiger partial charge in [0, 0.05) is 14.1 Å². The van der Waals surface area contributed by atoms with Crippen LogP contribution >= 0.6 is 0 Å². The number of fused-ring (bicyclic) bond motifs is 1. The van der Waals surface area contributed by atoms with E-state index in [0.29, 0.717) is 0 Å². The quantitative estimate of drug-likeness (QED) is 0.744. The van der Waals surface area contributed by atoms with Crippen LogP contribution < -0.4 is 21.3 Å². The van der Waals surface area contributed by atoms with Crippen molar-refractivity contribution in [3.8, 4) is 5.75 Å². The molecule has 1 aromatic carbocycles. The van der Waals surface area contributed by atoms with Gasteiger partial charge in [-0.15, -0.1) is 0 Å². The zero-order valence-electron chi connectivity index (χ0n) is 14.3. The van der Waals surface area contributed by atoms with Crippen molar-refractivity contribution in [2.75, 3.05) is 5.32 Å². The Morgan fingerprint density at radius 3 is 2.59 bits per heavy atom. The van der Waals surface area contributed by atoms with Gasteiger partial charge in [0.2, 0.25) is 0 Å². The molecule has 140 valence electrons. The van der Waals surface area contributed by atoms with E-state index in [-0.39, 0.29) is 28.0 Å². The fourth-order valence-electron chi connectivity index (χ4n) is 2.59. The smallest absolute Gasteiger partial charge is 0.387 e. The van der Waals surface area contributed by atoms with Crippen LogP contribution in [0, 0.1) is 0 Å². The van der Waals surface area contributed by atoms with Gasteiger partial charge >= 0.3 is 12.3 Å². The van der Waals surface area contributed by atoms with Crippen molar-refractivity contribution in [2.45, 2.75) is 6.61 Å². The fourth-order valence-corrected chi connectivity index (χ4v) is 2.59. The maximum Gasteiger partial charge on any atom is 0.387 e. The van der Waals surface area contributed by atoms with Crippen molar-refractivity contribution in [1.82, 2.24) is 14.1 Å². The molecule has 2 aromatic heterocycles. The minimum atomic E-state index is -3.08. The monoisotopic (exact) mass is 376 g/mol. The van der Waals surface area contributed by atoms with Crippen LogP contribution in [-0.4, -0.2) is 26.6 Å². The van der Waals surface area contributed by atoms with Gasteiger partial charge in [-0.2, -0.15) is 8.78 Å². The number of halogens is 2. The van der Waals surface area contributed by atoms with Gasteiger partial charge in [-0.05, 0) is 18.2 Å². The van der Waals surface area contributed by atoms with Gasteiger partial charge in [0.25, 0.3) is 11.5 Å². The third kappa shape index (κ3) is 3.41. The molecule has 3 rings (SSSR count). The Hall–Kier alpha value is -3.56. The number of amides is 1. The molecule has 1 amide bonds. The highest BCUT2D eigenvalue weighted by Gasteiger charge is 2.17. The second kappa shape index (κ2) is 6.98. The lowest BCUT2D eigenvalue weighted by Gasteiger charge is -2.11. The Bertz CT molecular complexity index is 1150. The summed E-state index contributed by atoms with van der Waals surface area (Å²) in [6.07, 6.45) is 1.26. The molecule has 0 fully saturated rings. The maximum atomic E-state index is 12.5. The van der Waals surface area contributed by atoms with E-state index < -0.39 is 23.8 Å². The summed E-state index contributed by atoms with van der Waals surface area (Å²) in [5, 5.41) is 2.60. The Morgan fingerprint density at radius 1 is 1.19 bits per heavy atom. The van der Waals surface area contributed by atoms with E-state index in [1.807, 2.05) is 0 Å². The fraction of sp³-hybridized carbons (Fsp3) is 0.176. The summed E-state index contributed by atoms with van der Waals surface area (Å²) in [5.74, 6) is -0.994. The minimum Gasteiger partial charge on any atom is -0.434 e. The number of hydrogen-bond donors (Lipinski definition) is 1. The van der Waals surface area contributed by atoms with Crippen LogP contribution in [0.3, 0.4) is 0 Å². The van der Waals surface area contributed by atoms with Gasteiger partial charge in [-0.3, -0.25) is 18.7 Å². The second-order valence-corrected chi connectivity index (χ2v) is 5.63. The van der Waals surface area contributed by atoms with E-state index in [4.69, 9.17) is 0 Å². The lowest BCUT2D eigenvalue weighted by Crippen LogP contribution is -2.37. The first kappa shape index (κ1) is 18.2. The van der Waals surface area contributed by atoms with E-state index >= 15 is 0 Å². The number of carbonyl (C=O) groups excluding carboxylic acids is 1. The summed E-state index contributed by atoms with van der Waals surface area (Å²) in [6, 6.07) is 6.88. The highest BCUT2D eigenvalue weighted by atomic mass is 19.3. The number of rotatable bonds is 4. The molecule has 0 unspecified atom stereocenters. The van der Waals surface area contributed by atoms with E-state index in [9.17, 15) is 23.2 Å². The molecular formula is C17H14F2N4O4. The molecule has 0 bridgehead atoms. The highest BCUT2D eigenvalue weighted by Crippen LogP contribution is 2.22. The van der Waals surface area contributed by atoms with Crippen LogP contribution in [0.4, 0.5) is 14.5 Å². The second-order valence-electron chi connectivity index (χ2n) is 5.63. The summed E-state index contributed by atoms with van der Waals surface area (Å²) in [6.45, 7) is -3.08. The first-order chi connectivity index (χ1) is 12.8. The average molecular weight is 376 g/mol. The standard InChI is InChI=1S/C17H14F2N4O4/c1-22-13-11(15(25)23(2)17(22)26)7-9(8-20-13)21-14(24)10-5-3-4-6-12(10)27-16(18)19/h3-8,16H,1-2H3,(H,21,24). The van der Waals surface area contributed by atoms with E-state index in [2.05, 4.69) is 15.0 Å². The normalized spacial score (nSPS) is 11.0. The van der Waals surface area contributed by atoms with Gasteiger partial charge in [-0.25, -0.2) is 9.78 Å². The first-order valence-corrected chi connectivity index (χ1v) is 7.70. The molecular weight excluding hydrogens is 362 g/mol. The molecule has 3 aromatic rings. The van der Waals surface area contributed by atoms with E-state index in [0.717, 1.165) is 4.57 Å². The minimum absolute atomic E-state index is 0.105. The number of aromatic nitrogens is 3. The van der Waals surface area contributed by atoms with Gasteiger partial charge in [0.1, 0.15) is 11.4 Å². The van der Waals surface area contributed by atoms with Crippen molar-refractivity contribution in [3.63, 3.8) is 0 Å². The van der Waals surface area contributed by atoms with Crippen molar-refractivity contribution in [2.24, 2.45) is 14.1 Å². The first-order valence-electron chi connectivity index (χ1n) is 7.70. The molecule has 2 heterocycles. The zero-order valence-corrected chi connectivity index (χ0v) is 14.3.